The summed E-state index contributed by atoms with van der Waals surface area (Å²) in [4.78, 5) is 14.3. The molecule has 2 rings (SSSR count). The van der Waals surface area contributed by atoms with Gasteiger partial charge in [0.1, 0.15) is 5.75 Å². The number of hydrogen-bond donors (Lipinski definition) is 0. The van der Waals surface area contributed by atoms with Crippen LogP contribution >= 0.6 is 23.2 Å². The van der Waals surface area contributed by atoms with Crippen LogP contribution in [0.25, 0.3) is 0 Å². The summed E-state index contributed by atoms with van der Waals surface area (Å²) in [7, 11) is 0. The summed E-state index contributed by atoms with van der Waals surface area (Å²) in [5.74, 6) is 0.316. The fraction of sp³-hybridized carbons (Fsp3) is 0.235. The molecule has 0 radical (unpaired) electrons. The lowest BCUT2D eigenvalue weighted by atomic mass is 10.2. The Labute approximate surface area is 140 Å². The molecule has 0 N–H and O–H groups in total. The molecule has 0 saturated heterocycles. The van der Waals surface area contributed by atoms with Gasteiger partial charge >= 0.3 is 0 Å². The second-order valence-electron chi connectivity index (χ2n) is 4.75. The molecule has 1 unspecified atom stereocenters. The van der Waals surface area contributed by atoms with Crippen LogP contribution in [0.5, 0.6) is 5.75 Å². The van der Waals surface area contributed by atoms with E-state index < -0.39 is 6.10 Å². The van der Waals surface area contributed by atoms with Crippen LogP contribution < -0.4 is 9.64 Å². The first kappa shape index (κ1) is 16.7. The molecule has 116 valence electrons. The maximum absolute atomic E-state index is 12.6. The van der Waals surface area contributed by atoms with Crippen LogP contribution in [0.3, 0.4) is 0 Å². The molecule has 0 aliphatic heterocycles. The van der Waals surface area contributed by atoms with E-state index in [0.717, 1.165) is 5.69 Å². The maximum atomic E-state index is 12.6. The van der Waals surface area contributed by atoms with Crippen LogP contribution in [0.2, 0.25) is 10.0 Å². The summed E-state index contributed by atoms with van der Waals surface area (Å²) in [5.41, 5.74) is 0.840. The van der Waals surface area contributed by atoms with Crippen LogP contribution in [-0.2, 0) is 4.79 Å². The highest BCUT2D eigenvalue weighted by Gasteiger charge is 2.22. The van der Waals surface area contributed by atoms with Crippen molar-refractivity contribution in [1.82, 2.24) is 0 Å². The summed E-state index contributed by atoms with van der Waals surface area (Å²) in [6, 6.07) is 14.4. The van der Waals surface area contributed by atoms with E-state index in [1.807, 2.05) is 37.3 Å². The van der Waals surface area contributed by atoms with Gasteiger partial charge in [0.25, 0.3) is 5.91 Å². The van der Waals surface area contributed by atoms with E-state index in [2.05, 4.69) is 0 Å². The number of amides is 1. The number of benzene rings is 2. The Hall–Kier alpha value is -1.71. The van der Waals surface area contributed by atoms with Gasteiger partial charge in [0.15, 0.2) is 6.10 Å². The largest absolute Gasteiger partial charge is 0.479 e. The Kier molecular flexibility index (Phi) is 5.69. The van der Waals surface area contributed by atoms with Crippen molar-refractivity contribution in [2.75, 3.05) is 11.4 Å². The first-order valence-corrected chi connectivity index (χ1v) is 7.76. The zero-order valence-corrected chi connectivity index (χ0v) is 13.9. The molecule has 2 aromatic carbocycles. The molecular formula is C17H17Cl2NO2. The molecule has 2 aromatic rings. The summed E-state index contributed by atoms with van der Waals surface area (Å²) in [6.45, 7) is 4.19. The SMILES string of the molecule is CCN(C(=O)C(C)Oc1ccc(Cl)cc1Cl)c1ccccc1. The number of halogens is 2. The lowest BCUT2D eigenvalue weighted by Crippen LogP contribution is -2.40. The average Bonchev–Trinajstić information content (AvgIpc) is 2.51. The molecule has 22 heavy (non-hydrogen) atoms. The van der Waals surface area contributed by atoms with Crippen molar-refractivity contribution < 1.29 is 9.53 Å². The highest BCUT2D eigenvalue weighted by Crippen LogP contribution is 2.28. The molecule has 1 amide bonds. The van der Waals surface area contributed by atoms with Crippen molar-refractivity contribution in [3.63, 3.8) is 0 Å². The van der Waals surface area contributed by atoms with E-state index in [1.165, 1.54) is 0 Å². The third-order valence-corrected chi connectivity index (χ3v) is 3.73. The van der Waals surface area contributed by atoms with E-state index in [-0.39, 0.29) is 5.91 Å². The minimum atomic E-state index is -0.654. The Balaban J connectivity index is 2.14. The second kappa shape index (κ2) is 7.52. The van der Waals surface area contributed by atoms with Gasteiger partial charge in [0.05, 0.1) is 5.02 Å². The number of hydrogen-bond acceptors (Lipinski definition) is 2. The molecule has 0 aliphatic rings. The number of rotatable bonds is 5. The number of carbonyl (C=O) groups excluding carboxylic acids is 1. The quantitative estimate of drug-likeness (QED) is 0.783. The molecule has 3 nitrogen and oxygen atoms in total. The average molecular weight is 338 g/mol. The topological polar surface area (TPSA) is 29.5 Å². The standard InChI is InChI=1S/C17H17Cl2NO2/c1-3-20(14-7-5-4-6-8-14)17(21)12(2)22-16-10-9-13(18)11-15(16)19/h4-12H,3H2,1-2H3. The third kappa shape index (κ3) is 3.93. The van der Waals surface area contributed by atoms with Gasteiger partial charge in [-0.2, -0.15) is 0 Å². The number of carbonyl (C=O) groups is 1. The van der Waals surface area contributed by atoms with Gasteiger partial charge in [-0.3, -0.25) is 4.79 Å². The maximum Gasteiger partial charge on any atom is 0.267 e. The molecule has 1 atom stereocenters. The van der Waals surface area contributed by atoms with Crippen LogP contribution in [0.4, 0.5) is 5.69 Å². The van der Waals surface area contributed by atoms with Gasteiger partial charge in [-0.05, 0) is 44.2 Å². The molecule has 0 bridgehead atoms. The van der Waals surface area contributed by atoms with Gasteiger partial charge < -0.3 is 9.64 Å². The Morgan fingerprint density at radius 3 is 2.45 bits per heavy atom. The number of nitrogens with zero attached hydrogens (tertiary/aromatic N) is 1. The summed E-state index contributed by atoms with van der Waals surface area (Å²) in [5, 5.41) is 0.908. The van der Waals surface area contributed by atoms with Crippen molar-refractivity contribution in [3.8, 4) is 5.75 Å². The fourth-order valence-corrected chi connectivity index (χ4v) is 2.56. The zero-order valence-electron chi connectivity index (χ0n) is 12.4. The van der Waals surface area contributed by atoms with Crippen molar-refractivity contribution >= 4 is 34.8 Å². The minimum absolute atomic E-state index is 0.125. The summed E-state index contributed by atoms with van der Waals surface area (Å²) < 4.78 is 5.68. The fourth-order valence-electron chi connectivity index (χ4n) is 2.10. The van der Waals surface area contributed by atoms with Gasteiger partial charge in [0, 0.05) is 17.3 Å². The van der Waals surface area contributed by atoms with Crippen LogP contribution in [0.15, 0.2) is 48.5 Å². The predicted octanol–water partition coefficient (Wildman–Crippen LogP) is 4.81. The van der Waals surface area contributed by atoms with Gasteiger partial charge in [0.2, 0.25) is 0 Å². The Morgan fingerprint density at radius 1 is 1.18 bits per heavy atom. The normalized spacial score (nSPS) is 11.8. The van der Waals surface area contributed by atoms with Crippen molar-refractivity contribution in [2.24, 2.45) is 0 Å². The molecule has 0 heterocycles. The first-order valence-electron chi connectivity index (χ1n) is 7.01. The molecule has 0 saturated carbocycles. The van der Waals surface area contributed by atoms with Crippen molar-refractivity contribution in [2.45, 2.75) is 20.0 Å². The highest BCUT2D eigenvalue weighted by molar-refractivity contribution is 6.35. The van der Waals surface area contributed by atoms with Crippen molar-refractivity contribution in [3.05, 3.63) is 58.6 Å². The van der Waals surface area contributed by atoms with E-state index in [1.54, 1.807) is 30.0 Å². The Morgan fingerprint density at radius 2 is 1.86 bits per heavy atom. The molecular weight excluding hydrogens is 321 g/mol. The number of likely N-dealkylation sites (N-methyl/N-ethyl adjacent to an activating group) is 1. The molecule has 0 fully saturated rings. The van der Waals surface area contributed by atoms with Crippen LogP contribution in [-0.4, -0.2) is 18.6 Å². The van der Waals surface area contributed by atoms with Gasteiger partial charge in [-0.15, -0.1) is 0 Å². The molecule has 0 aromatic heterocycles. The number of anilines is 1. The first-order chi connectivity index (χ1) is 10.5. The second-order valence-corrected chi connectivity index (χ2v) is 5.60. The van der Waals surface area contributed by atoms with Gasteiger partial charge in [-0.1, -0.05) is 41.4 Å². The monoisotopic (exact) mass is 337 g/mol. The number of para-hydroxylation sites is 1. The lowest BCUT2D eigenvalue weighted by molar-refractivity contribution is -0.124. The van der Waals surface area contributed by atoms with E-state index >= 15 is 0 Å². The van der Waals surface area contributed by atoms with Gasteiger partial charge in [-0.25, -0.2) is 0 Å². The lowest BCUT2D eigenvalue weighted by Gasteiger charge is -2.25. The highest BCUT2D eigenvalue weighted by atomic mass is 35.5. The van der Waals surface area contributed by atoms with E-state index in [0.29, 0.717) is 22.3 Å². The predicted molar refractivity (Wildman–Crippen MR) is 91.0 cm³/mol. The summed E-state index contributed by atoms with van der Waals surface area (Å²) in [6.07, 6.45) is -0.654. The van der Waals surface area contributed by atoms with Crippen LogP contribution in [0, 0.1) is 0 Å². The van der Waals surface area contributed by atoms with E-state index in [4.69, 9.17) is 27.9 Å². The van der Waals surface area contributed by atoms with E-state index in [9.17, 15) is 4.79 Å². The smallest absolute Gasteiger partial charge is 0.267 e. The van der Waals surface area contributed by atoms with Crippen molar-refractivity contribution in [1.29, 1.82) is 0 Å². The molecule has 0 aliphatic carbocycles. The number of ether oxygens (including phenoxy) is 1. The molecule has 0 spiro atoms. The minimum Gasteiger partial charge on any atom is -0.479 e. The zero-order chi connectivity index (χ0) is 16.1. The van der Waals surface area contributed by atoms with Crippen LogP contribution in [0.1, 0.15) is 13.8 Å². The Bertz CT molecular complexity index is 646. The molecule has 5 heteroatoms. The third-order valence-electron chi connectivity index (χ3n) is 3.20. The summed E-state index contributed by atoms with van der Waals surface area (Å²) >= 11 is 11.9.